The second kappa shape index (κ2) is 15.3. The maximum Gasteiger partial charge on any atom is 0.440 e. The SMILES string of the molecule is CC(C)OC(=O)NN(SC1=NC2(C(=O)N(c3ccccc3)N=C2c2ccccc2)N(C(=O)OC(C)C)N1C(=O)OC(C)C)C(=O)OC(C)C. The first-order chi connectivity index (χ1) is 23.1. The standard InChI is InChI=1S/C32H39N7O9S/c1-19(2)45-28(41)35-39(31(44)48-22(7)8)49-27-33-32(38(30(43)47-21(5)6)37(27)29(42)46-20(3)4)25(23-15-11-9-12-16-23)34-36(26(32)40)24-17-13-10-14-18-24/h9-22H,1-8H3,(H,35,41). The van der Waals surface area contributed by atoms with Crippen LogP contribution >= 0.6 is 11.9 Å². The maximum absolute atomic E-state index is 14.8. The first kappa shape index (κ1) is 36.5. The summed E-state index contributed by atoms with van der Waals surface area (Å²) in [4.78, 5) is 73.6. The number of nitrogens with one attached hydrogen (secondary N) is 1. The third kappa shape index (κ3) is 8.05. The maximum atomic E-state index is 14.8. The number of carbonyl (C=O) groups is 5. The van der Waals surface area contributed by atoms with Crippen LogP contribution in [0.25, 0.3) is 0 Å². The zero-order chi connectivity index (χ0) is 36.0. The molecule has 0 aromatic heterocycles. The van der Waals surface area contributed by atoms with Crippen LogP contribution in [0.15, 0.2) is 70.8 Å². The first-order valence-electron chi connectivity index (χ1n) is 15.5. The number of amides is 5. The summed E-state index contributed by atoms with van der Waals surface area (Å²) in [6, 6.07) is 16.9. The molecular formula is C32H39N7O9S. The predicted octanol–water partition coefficient (Wildman–Crippen LogP) is 5.66. The highest BCUT2D eigenvalue weighted by atomic mass is 32.2. The van der Waals surface area contributed by atoms with Crippen molar-refractivity contribution >= 4 is 58.8 Å². The van der Waals surface area contributed by atoms with Gasteiger partial charge in [0.2, 0.25) is 5.17 Å². The summed E-state index contributed by atoms with van der Waals surface area (Å²) in [6.45, 7) is 12.7. The number of hydrazine groups is 2. The summed E-state index contributed by atoms with van der Waals surface area (Å²) >= 11 is 0.365. The molecule has 0 aliphatic carbocycles. The third-order valence-electron chi connectivity index (χ3n) is 6.24. The van der Waals surface area contributed by atoms with E-state index in [-0.39, 0.29) is 5.71 Å². The Balaban J connectivity index is 1.99. The van der Waals surface area contributed by atoms with Gasteiger partial charge < -0.3 is 18.9 Å². The number of ether oxygens (including phenoxy) is 4. The van der Waals surface area contributed by atoms with Gasteiger partial charge in [-0.3, -0.25) is 4.79 Å². The van der Waals surface area contributed by atoms with E-state index < -0.39 is 65.5 Å². The van der Waals surface area contributed by atoms with Crippen LogP contribution in [0.4, 0.5) is 24.9 Å². The molecule has 4 rings (SSSR count). The molecule has 2 aliphatic rings. The van der Waals surface area contributed by atoms with Crippen molar-refractivity contribution in [1.29, 1.82) is 0 Å². The fourth-order valence-corrected chi connectivity index (χ4v) is 5.32. The first-order valence-corrected chi connectivity index (χ1v) is 16.2. The molecule has 2 heterocycles. The lowest BCUT2D eigenvalue weighted by atomic mass is 9.97. The Kier molecular flexibility index (Phi) is 11.4. The molecule has 0 radical (unpaired) electrons. The van der Waals surface area contributed by atoms with Crippen LogP contribution in [0.5, 0.6) is 0 Å². The lowest BCUT2D eigenvalue weighted by molar-refractivity contribution is -0.128. The van der Waals surface area contributed by atoms with Crippen molar-refractivity contribution in [3.63, 3.8) is 0 Å². The normalized spacial score (nSPS) is 17.1. The van der Waals surface area contributed by atoms with Crippen LogP contribution < -0.4 is 10.4 Å². The topological polar surface area (TPSA) is 172 Å². The fraction of sp³-hybridized carbons (Fsp3) is 0.406. The molecule has 17 heteroatoms. The molecule has 2 aliphatic heterocycles. The quantitative estimate of drug-likeness (QED) is 0.226. The van der Waals surface area contributed by atoms with Crippen molar-refractivity contribution in [2.45, 2.75) is 85.5 Å². The molecule has 0 saturated carbocycles. The Labute approximate surface area is 288 Å². The molecule has 2 aromatic rings. The van der Waals surface area contributed by atoms with E-state index in [0.717, 1.165) is 5.01 Å². The van der Waals surface area contributed by atoms with Crippen molar-refractivity contribution in [3.8, 4) is 0 Å². The lowest BCUT2D eigenvalue weighted by Gasteiger charge is -2.35. The number of para-hydroxylation sites is 1. The number of hydrogen-bond donors (Lipinski definition) is 1. The highest BCUT2D eigenvalue weighted by molar-refractivity contribution is 8.12. The molecule has 262 valence electrons. The molecule has 0 bridgehead atoms. The third-order valence-corrected chi connectivity index (χ3v) is 7.09. The number of benzene rings is 2. The predicted molar refractivity (Wildman–Crippen MR) is 180 cm³/mol. The number of carbonyl (C=O) groups excluding carboxylic acids is 5. The molecule has 1 unspecified atom stereocenters. The van der Waals surface area contributed by atoms with Crippen LogP contribution in [0, 0.1) is 0 Å². The molecular weight excluding hydrogens is 658 g/mol. The Morgan fingerprint density at radius 3 is 1.84 bits per heavy atom. The van der Waals surface area contributed by atoms with Gasteiger partial charge in [-0.2, -0.15) is 20.1 Å². The zero-order valence-corrected chi connectivity index (χ0v) is 29.2. The average Bonchev–Trinajstić information content (AvgIpc) is 3.50. The summed E-state index contributed by atoms with van der Waals surface area (Å²) in [5, 5.41) is 6.62. The van der Waals surface area contributed by atoms with Gasteiger partial charge >= 0.3 is 30.3 Å². The summed E-state index contributed by atoms with van der Waals surface area (Å²) in [7, 11) is 0. The molecule has 1 N–H and O–H groups in total. The molecule has 2 aromatic carbocycles. The van der Waals surface area contributed by atoms with Gasteiger partial charge in [0.15, 0.2) is 0 Å². The minimum absolute atomic E-state index is 0.0518. The van der Waals surface area contributed by atoms with Gasteiger partial charge in [0, 0.05) is 5.56 Å². The van der Waals surface area contributed by atoms with E-state index in [9.17, 15) is 24.0 Å². The Hall–Kier alpha value is -5.32. The number of nitrogens with zero attached hydrogens (tertiary/aromatic N) is 6. The van der Waals surface area contributed by atoms with E-state index in [4.69, 9.17) is 18.9 Å². The van der Waals surface area contributed by atoms with Crippen molar-refractivity contribution in [1.82, 2.24) is 19.9 Å². The van der Waals surface area contributed by atoms with Gasteiger partial charge in [-0.25, -0.2) is 29.6 Å². The Morgan fingerprint density at radius 1 is 0.755 bits per heavy atom. The fourth-order valence-electron chi connectivity index (χ4n) is 4.51. The largest absolute Gasteiger partial charge is 0.446 e. The van der Waals surface area contributed by atoms with Crippen LogP contribution in [0.2, 0.25) is 0 Å². The van der Waals surface area contributed by atoms with Gasteiger partial charge in [0.25, 0.3) is 5.66 Å². The highest BCUT2D eigenvalue weighted by Crippen LogP contribution is 2.42. The van der Waals surface area contributed by atoms with Crippen LogP contribution in [0.3, 0.4) is 0 Å². The minimum Gasteiger partial charge on any atom is -0.446 e. The van der Waals surface area contributed by atoms with Gasteiger partial charge in [-0.15, -0.1) is 4.41 Å². The monoisotopic (exact) mass is 697 g/mol. The highest BCUT2D eigenvalue weighted by Gasteiger charge is 2.67. The number of hydrazone groups is 1. The average molecular weight is 698 g/mol. The van der Waals surface area contributed by atoms with Crippen LogP contribution in [0.1, 0.15) is 61.0 Å². The van der Waals surface area contributed by atoms with E-state index in [0.29, 0.717) is 37.6 Å². The molecule has 0 fully saturated rings. The number of anilines is 1. The Morgan fingerprint density at radius 2 is 1.29 bits per heavy atom. The molecule has 1 atom stereocenters. The van der Waals surface area contributed by atoms with Crippen molar-refractivity contribution in [3.05, 3.63) is 66.2 Å². The molecule has 16 nitrogen and oxygen atoms in total. The minimum atomic E-state index is -2.41. The second-order valence-corrected chi connectivity index (χ2v) is 12.6. The van der Waals surface area contributed by atoms with E-state index in [2.05, 4.69) is 15.5 Å². The van der Waals surface area contributed by atoms with Crippen molar-refractivity contribution in [2.24, 2.45) is 10.1 Å². The Bertz CT molecular complexity index is 1620. The lowest BCUT2D eigenvalue weighted by Crippen LogP contribution is -2.64. The molecule has 49 heavy (non-hydrogen) atoms. The number of aliphatic imine (C=N–C) groups is 1. The van der Waals surface area contributed by atoms with Crippen molar-refractivity contribution < 1.29 is 42.9 Å². The van der Waals surface area contributed by atoms with Gasteiger partial charge in [0.1, 0.15) is 5.71 Å². The van der Waals surface area contributed by atoms with E-state index in [1.807, 2.05) is 0 Å². The van der Waals surface area contributed by atoms with Gasteiger partial charge in [-0.1, -0.05) is 48.5 Å². The number of hydrogen-bond acceptors (Lipinski definition) is 12. The van der Waals surface area contributed by atoms with Gasteiger partial charge in [-0.05, 0) is 67.5 Å². The summed E-state index contributed by atoms with van der Waals surface area (Å²) < 4.78 is 22.2. The van der Waals surface area contributed by atoms with E-state index in [1.54, 1.807) is 116 Å². The zero-order valence-electron chi connectivity index (χ0n) is 28.3. The van der Waals surface area contributed by atoms with E-state index in [1.165, 1.54) is 0 Å². The molecule has 0 saturated heterocycles. The summed E-state index contributed by atoms with van der Waals surface area (Å²) in [5.41, 5.74) is 0.514. The summed E-state index contributed by atoms with van der Waals surface area (Å²) in [6.07, 6.45) is -7.06. The number of amidine groups is 1. The smallest absolute Gasteiger partial charge is 0.440 e. The van der Waals surface area contributed by atoms with Crippen LogP contribution in [-0.2, 0) is 23.7 Å². The second-order valence-electron chi connectivity index (χ2n) is 11.7. The summed E-state index contributed by atoms with van der Waals surface area (Å²) in [5.74, 6) is -0.861. The molecule has 1 spiro atoms. The van der Waals surface area contributed by atoms with Crippen LogP contribution in [-0.4, -0.2) is 85.7 Å². The molecule has 5 amide bonds. The van der Waals surface area contributed by atoms with Crippen molar-refractivity contribution in [2.75, 3.05) is 5.01 Å². The van der Waals surface area contributed by atoms with Gasteiger partial charge in [0.05, 0.1) is 42.1 Å². The number of rotatable bonds is 6. The van der Waals surface area contributed by atoms with E-state index >= 15 is 0 Å².